The van der Waals surface area contributed by atoms with Crippen molar-refractivity contribution in [3.8, 4) is 39.3 Å². The molecule has 0 saturated heterocycles. The monoisotopic (exact) mass is 688 g/mol. The normalized spacial score (nSPS) is 13.1. The van der Waals surface area contributed by atoms with Crippen LogP contribution < -0.4 is 0 Å². The summed E-state index contributed by atoms with van der Waals surface area (Å²) >= 11 is 0. The lowest BCUT2D eigenvalue weighted by atomic mass is 9.88. The maximum Gasteiger partial charge on any atom is 0.149 e. The Labute approximate surface area is 310 Å². The number of hydrogen-bond acceptors (Lipinski definition) is 3. The topological polar surface area (TPSA) is 44.1 Å². The van der Waals surface area contributed by atoms with Crippen LogP contribution in [0.5, 0.6) is 0 Å². The first-order valence-electron chi connectivity index (χ1n) is 19.1. The molecule has 10 aromatic rings. The minimum absolute atomic E-state index is 0.696. The lowest BCUT2D eigenvalue weighted by Crippen LogP contribution is -2.09. The van der Waals surface area contributed by atoms with E-state index in [0.29, 0.717) is 5.82 Å². The molecule has 256 valence electrons. The quantitative estimate of drug-likeness (QED) is 0.175. The van der Waals surface area contributed by atoms with Gasteiger partial charge >= 0.3 is 0 Å². The van der Waals surface area contributed by atoms with E-state index in [4.69, 9.17) is 13.8 Å². The van der Waals surface area contributed by atoms with Gasteiger partial charge in [0.2, 0.25) is 0 Å². The van der Waals surface area contributed by atoms with E-state index in [1.807, 2.05) is 82.3 Å². The van der Waals surface area contributed by atoms with Crippen LogP contribution in [0.3, 0.4) is 0 Å². The van der Waals surface area contributed by atoms with Crippen LogP contribution in [0.4, 0.5) is 0 Å². The van der Waals surface area contributed by atoms with Crippen molar-refractivity contribution in [1.29, 1.82) is 0 Å². The van der Waals surface area contributed by atoms with Gasteiger partial charge in [-0.1, -0.05) is 113 Å². The fraction of sp³-hybridized carbons (Fsp3) is 0.122. The number of hydrogen-bond donors (Lipinski definition) is 0. The Balaban J connectivity index is 1.24. The third-order valence-corrected chi connectivity index (χ3v) is 10.5. The largest absolute Gasteiger partial charge is 0.456 e. The second-order valence-corrected chi connectivity index (χ2v) is 14.3. The summed E-state index contributed by atoms with van der Waals surface area (Å²) in [4.78, 5) is 5.29. The summed E-state index contributed by atoms with van der Waals surface area (Å²) in [5.74, 6) is -1.39. The van der Waals surface area contributed by atoms with Crippen molar-refractivity contribution in [2.24, 2.45) is 0 Å². The number of benzene rings is 7. The number of imidazole rings is 1. The number of para-hydroxylation sites is 4. The molecular weight excluding hydrogens is 649 g/mol. The summed E-state index contributed by atoms with van der Waals surface area (Å²) in [5, 5.41) is 4.18. The maximum atomic E-state index is 9.63. The molecule has 0 amide bonds. The van der Waals surface area contributed by atoms with Crippen molar-refractivity contribution >= 4 is 54.9 Å². The highest BCUT2D eigenvalue weighted by Gasteiger charge is 2.25. The SMILES string of the molecule is [2H]C(C)(C)c1cc(-c2ccc3c(c2)oc2ccccc23)cc(C([2H])(C)C)c1-n1c(-c2cccc3c2oc2cc(-c4ccccc4)ccc23)nc2ccccc21. The van der Waals surface area contributed by atoms with Crippen LogP contribution in [0.2, 0.25) is 0 Å². The van der Waals surface area contributed by atoms with Crippen LogP contribution in [-0.2, 0) is 0 Å². The summed E-state index contributed by atoms with van der Waals surface area (Å²) in [6.07, 6.45) is 0. The van der Waals surface area contributed by atoms with Crippen LogP contribution >= 0.6 is 0 Å². The van der Waals surface area contributed by atoms with Gasteiger partial charge < -0.3 is 8.83 Å². The van der Waals surface area contributed by atoms with E-state index < -0.39 is 11.8 Å². The van der Waals surface area contributed by atoms with Gasteiger partial charge in [-0.2, -0.15) is 0 Å². The van der Waals surface area contributed by atoms with Gasteiger partial charge in [0, 0.05) is 24.3 Å². The second-order valence-electron chi connectivity index (χ2n) is 14.3. The Morgan fingerprint density at radius 3 is 1.87 bits per heavy atom. The number of fused-ring (bicyclic) bond motifs is 7. The molecular formula is C49H38N2O2. The average molecular weight is 689 g/mol. The summed E-state index contributed by atoms with van der Waals surface area (Å²) in [6.45, 7) is 7.67. The standard InChI is InChI=1S/C49H38N2O2/c1-29(2)40-25-34(33-22-23-36-35-15-8-11-20-44(35)52-45(36)28-33)26-41(30(3)4)47(40)51-43-19-10-9-18-42(43)50-49(51)39-17-12-16-38-37-24-21-32(27-46(37)53-48(38)39)31-13-6-5-7-14-31/h5-30H,1-4H3/i29D,30D. The fourth-order valence-electron chi connectivity index (χ4n) is 7.93. The molecule has 53 heavy (non-hydrogen) atoms. The number of rotatable bonds is 6. The molecule has 0 aliphatic rings. The van der Waals surface area contributed by atoms with Gasteiger partial charge in [0.1, 0.15) is 28.2 Å². The first kappa shape index (κ1) is 29.2. The van der Waals surface area contributed by atoms with Gasteiger partial charge in [0.05, 0.1) is 22.3 Å². The molecule has 0 spiro atoms. The van der Waals surface area contributed by atoms with Crippen LogP contribution in [0.15, 0.2) is 154 Å². The highest BCUT2D eigenvalue weighted by Crippen LogP contribution is 2.43. The minimum Gasteiger partial charge on any atom is -0.456 e. The molecule has 3 heterocycles. The summed E-state index contributed by atoms with van der Waals surface area (Å²) < 4.78 is 34.5. The zero-order chi connectivity index (χ0) is 37.6. The molecule has 0 saturated carbocycles. The van der Waals surface area contributed by atoms with Crippen LogP contribution in [0.1, 0.15) is 53.4 Å². The van der Waals surface area contributed by atoms with E-state index in [2.05, 4.69) is 95.6 Å². The Hall–Kier alpha value is -6.39. The summed E-state index contributed by atoms with van der Waals surface area (Å²) in [5.41, 5.74) is 12.2. The third kappa shape index (κ3) is 5.01. The highest BCUT2D eigenvalue weighted by molar-refractivity contribution is 6.10. The summed E-state index contributed by atoms with van der Waals surface area (Å²) in [6, 6.07) is 49.7. The molecule has 4 heteroatoms. The second kappa shape index (κ2) is 12.1. The van der Waals surface area contributed by atoms with Gasteiger partial charge in [0.15, 0.2) is 0 Å². The Morgan fingerprint density at radius 2 is 1.11 bits per heavy atom. The Kier molecular flexibility index (Phi) is 6.67. The molecule has 0 radical (unpaired) electrons. The van der Waals surface area contributed by atoms with E-state index in [1.54, 1.807) is 0 Å². The molecule has 0 bridgehead atoms. The van der Waals surface area contributed by atoms with Crippen molar-refractivity contribution in [2.45, 2.75) is 39.5 Å². The lowest BCUT2D eigenvalue weighted by molar-refractivity contribution is 0.669. The van der Waals surface area contributed by atoms with Crippen LogP contribution in [0, 0.1) is 0 Å². The summed E-state index contributed by atoms with van der Waals surface area (Å²) in [7, 11) is 0. The first-order valence-corrected chi connectivity index (χ1v) is 18.1. The molecule has 0 unspecified atom stereocenters. The zero-order valence-electron chi connectivity index (χ0n) is 32.1. The van der Waals surface area contributed by atoms with Gasteiger partial charge in [-0.25, -0.2) is 4.98 Å². The van der Waals surface area contributed by atoms with Gasteiger partial charge in [-0.3, -0.25) is 4.57 Å². The van der Waals surface area contributed by atoms with Gasteiger partial charge in [-0.05, 0) is 106 Å². The van der Waals surface area contributed by atoms with Crippen molar-refractivity contribution in [1.82, 2.24) is 9.55 Å². The number of nitrogens with zero attached hydrogens (tertiary/aromatic N) is 2. The number of furan rings is 2. The number of aromatic nitrogens is 2. The molecule has 0 fully saturated rings. The maximum absolute atomic E-state index is 9.63. The highest BCUT2D eigenvalue weighted by atomic mass is 16.3. The van der Waals surface area contributed by atoms with E-state index in [1.165, 1.54) is 0 Å². The van der Waals surface area contributed by atoms with Crippen LogP contribution in [-0.4, -0.2) is 9.55 Å². The molecule has 0 aliphatic carbocycles. The smallest absolute Gasteiger partial charge is 0.149 e. The predicted octanol–water partition coefficient (Wildman–Crippen LogP) is 14.1. The van der Waals surface area contributed by atoms with Crippen molar-refractivity contribution in [2.75, 3.05) is 0 Å². The Morgan fingerprint density at radius 1 is 0.509 bits per heavy atom. The molecule has 0 atom stereocenters. The Bertz CT molecular complexity index is 3080. The molecule has 0 aliphatic heterocycles. The fourth-order valence-corrected chi connectivity index (χ4v) is 7.93. The van der Waals surface area contributed by atoms with E-state index in [0.717, 1.165) is 99.5 Å². The first-order chi connectivity index (χ1) is 26.5. The molecule has 0 N–H and O–H groups in total. The minimum atomic E-state index is -1.04. The van der Waals surface area contributed by atoms with E-state index in [-0.39, 0.29) is 0 Å². The van der Waals surface area contributed by atoms with Crippen molar-refractivity contribution in [3.05, 3.63) is 157 Å². The predicted molar refractivity (Wildman–Crippen MR) is 220 cm³/mol. The molecule has 3 aromatic heterocycles. The van der Waals surface area contributed by atoms with E-state index in [9.17, 15) is 2.74 Å². The third-order valence-electron chi connectivity index (χ3n) is 10.5. The lowest BCUT2D eigenvalue weighted by Gasteiger charge is -2.24. The zero-order valence-corrected chi connectivity index (χ0v) is 30.1. The van der Waals surface area contributed by atoms with Crippen molar-refractivity contribution in [3.63, 3.8) is 0 Å². The average Bonchev–Trinajstić information content (AvgIpc) is 3.87. The van der Waals surface area contributed by atoms with E-state index >= 15 is 0 Å². The van der Waals surface area contributed by atoms with Gasteiger partial charge in [-0.15, -0.1) is 0 Å². The molecule has 7 aromatic carbocycles. The molecule has 4 nitrogen and oxygen atoms in total. The molecule has 10 rings (SSSR count). The van der Waals surface area contributed by atoms with Crippen molar-refractivity contribution < 1.29 is 11.6 Å². The van der Waals surface area contributed by atoms with Crippen LogP contribution in [0.25, 0.3) is 94.2 Å². The van der Waals surface area contributed by atoms with Gasteiger partial charge in [0.25, 0.3) is 0 Å².